The molecule has 0 aliphatic carbocycles. The highest BCUT2D eigenvalue weighted by Gasteiger charge is 2.17. The Morgan fingerprint density at radius 2 is 2.21 bits per heavy atom. The number of carboxylic acids is 1. The van der Waals surface area contributed by atoms with Gasteiger partial charge in [0.15, 0.2) is 0 Å². The summed E-state index contributed by atoms with van der Waals surface area (Å²) in [5, 5.41) is 9.15. The minimum absolute atomic E-state index is 0.00964. The van der Waals surface area contributed by atoms with Crippen LogP contribution < -0.4 is 0 Å². The summed E-state index contributed by atoms with van der Waals surface area (Å²) in [6.07, 6.45) is 1.67. The molecule has 0 spiro atoms. The summed E-state index contributed by atoms with van der Waals surface area (Å²) in [5.74, 6) is -0.247. The molecule has 2 rings (SSSR count). The van der Waals surface area contributed by atoms with Crippen LogP contribution in [0, 0.1) is 6.92 Å². The quantitative estimate of drug-likeness (QED) is 0.927. The van der Waals surface area contributed by atoms with E-state index >= 15 is 0 Å². The van der Waals surface area contributed by atoms with Crippen LogP contribution >= 0.6 is 0 Å². The Bertz CT molecular complexity index is 663. The van der Waals surface area contributed by atoms with Crippen LogP contribution in [0.1, 0.15) is 23.1 Å². The van der Waals surface area contributed by atoms with Gasteiger partial charge in [-0.05, 0) is 26.0 Å². The molecule has 1 heterocycles. The van der Waals surface area contributed by atoms with E-state index < -0.39 is 16.8 Å². The molecular formula is C13H16N2O3S. The largest absolute Gasteiger partial charge is 0.478 e. The first-order valence-corrected chi connectivity index (χ1v) is 7.55. The Morgan fingerprint density at radius 3 is 2.79 bits per heavy atom. The molecule has 0 radical (unpaired) electrons. The maximum Gasteiger partial charge on any atom is 0.337 e. The standard InChI is InChI=1S/C13H16N2O3S/c1-8(19(3)18)7-15-9(2)14-12-10(13(16)17)5-4-6-11(12)15/h4-6,8H,7H2,1-3H3,(H,16,17). The number of nitrogens with zero attached hydrogens (tertiary/aromatic N) is 2. The first-order chi connectivity index (χ1) is 8.91. The highest BCUT2D eigenvalue weighted by molar-refractivity contribution is 7.84. The van der Waals surface area contributed by atoms with Crippen molar-refractivity contribution in [1.82, 2.24) is 9.55 Å². The summed E-state index contributed by atoms with van der Waals surface area (Å²) < 4.78 is 13.4. The summed E-state index contributed by atoms with van der Waals surface area (Å²) in [6.45, 7) is 4.30. The van der Waals surface area contributed by atoms with E-state index in [1.807, 2.05) is 24.5 Å². The van der Waals surface area contributed by atoms with Gasteiger partial charge in [0, 0.05) is 28.9 Å². The van der Waals surface area contributed by atoms with Crippen molar-refractivity contribution in [2.45, 2.75) is 25.6 Å². The lowest BCUT2D eigenvalue weighted by atomic mass is 10.2. The van der Waals surface area contributed by atoms with Gasteiger partial charge in [0.05, 0.1) is 11.1 Å². The third-order valence-electron chi connectivity index (χ3n) is 3.21. The van der Waals surface area contributed by atoms with E-state index in [1.54, 1.807) is 18.4 Å². The number of hydrogen-bond acceptors (Lipinski definition) is 3. The van der Waals surface area contributed by atoms with Crippen LogP contribution in [0.15, 0.2) is 18.2 Å². The van der Waals surface area contributed by atoms with E-state index in [-0.39, 0.29) is 10.8 Å². The molecule has 2 atom stereocenters. The number of hydrogen-bond donors (Lipinski definition) is 1. The van der Waals surface area contributed by atoms with Gasteiger partial charge in [-0.2, -0.15) is 0 Å². The molecule has 102 valence electrons. The Labute approximate surface area is 113 Å². The van der Waals surface area contributed by atoms with Crippen molar-refractivity contribution in [3.8, 4) is 0 Å². The molecule has 0 aliphatic heterocycles. The number of aromatic nitrogens is 2. The van der Waals surface area contributed by atoms with Crippen molar-refractivity contribution in [2.75, 3.05) is 6.26 Å². The highest BCUT2D eigenvalue weighted by atomic mass is 32.2. The number of fused-ring (bicyclic) bond motifs is 1. The Hall–Kier alpha value is -1.69. The van der Waals surface area contributed by atoms with Crippen molar-refractivity contribution in [1.29, 1.82) is 0 Å². The second-order valence-electron chi connectivity index (χ2n) is 4.56. The van der Waals surface area contributed by atoms with Crippen LogP contribution in [0.25, 0.3) is 11.0 Å². The smallest absolute Gasteiger partial charge is 0.337 e. The molecule has 0 fully saturated rings. The zero-order valence-electron chi connectivity index (χ0n) is 11.1. The van der Waals surface area contributed by atoms with Gasteiger partial charge in [0.25, 0.3) is 0 Å². The van der Waals surface area contributed by atoms with Crippen LogP contribution in [0.4, 0.5) is 0 Å². The SMILES string of the molecule is Cc1nc2c(C(=O)O)cccc2n1CC(C)S(C)=O. The molecular weight excluding hydrogens is 264 g/mol. The fraction of sp³-hybridized carbons (Fsp3) is 0.385. The van der Waals surface area contributed by atoms with Gasteiger partial charge >= 0.3 is 5.97 Å². The van der Waals surface area contributed by atoms with Crippen LogP contribution in [0.2, 0.25) is 0 Å². The molecule has 0 amide bonds. The van der Waals surface area contributed by atoms with Gasteiger partial charge in [-0.1, -0.05) is 6.07 Å². The number of imidazole rings is 1. The molecule has 1 N–H and O–H groups in total. The van der Waals surface area contributed by atoms with Gasteiger partial charge in [-0.3, -0.25) is 4.21 Å². The average molecular weight is 280 g/mol. The minimum Gasteiger partial charge on any atom is -0.478 e. The van der Waals surface area contributed by atoms with Crippen LogP contribution in [0.5, 0.6) is 0 Å². The fourth-order valence-electron chi connectivity index (χ4n) is 2.03. The summed E-state index contributed by atoms with van der Waals surface area (Å²) in [5.41, 5.74) is 1.46. The molecule has 1 aromatic heterocycles. The van der Waals surface area contributed by atoms with Gasteiger partial charge in [0.1, 0.15) is 11.3 Å². The Kier molecular flexibility index (Phi) is 3.71. The number of aryl methyl sites for hydroxylation is 1. The lowest BCUT2D eigenvalue weighted by Gasteiger charge is -2.11. The lowest BCUT2D eigenvalue weighted by Crippen LogP contribution is -2.18. The van der Waals surface area contributed by atoms with Gasteiger partial charge < -0.3 is 9.67 Å². The zero-order chi connectivity index (χ0) is 14.2. The van der Waals surface area contributed by atoms with Crippen molar-refractivity contribution in [2.24, 2.45) is 0 Å². The van der Waals surface area contributed by atoms with Crippen molar-refractivity contribution < 1.29 is 14.1 Å². The fourth-order valence-corrected chi connectivity index (χ4v) is 2.39. The third kappa shape index (κ3) is 2.53. The van der Waals surface area contributed by atoms with Crippen molar-refractivity contribution >= 4 is 27.8 Å². The predicted octanol–water partition coefficient (Wildman–Crippen LogP) is 1.81. The number of aromatic carboxylic acids is 1. The van der Waals surface area contributed by atoms with E-state index in [0.29, 0.717) is 12.1 Å². The van der Waals surface area contributed by atoms with Crippen LogP contribution in [-0.2, 0) is 17.3 Å². The minimum atomic E-state index is -0.984. The first kappa shape index (κ1) is 13.7. The highest BCUT2D eigenvalue weighted by Crippen LogP contribution is 2.21. The van der Waals surface area contributed by atoms with Crippen molar-refractivity contribution in [3.63, 3.8) is 0 Å². The summed E-state index contributed by atoms with van der Waals surface area (Å²) in [6, 6.07) is 5.09. The van der Waals surface area contributed by atoms with E-state index in [9.17, 15) is 9.00 Å². The number of carbonyl (C=O) groups is 1. The molecule has 0 saturated heterocycles. The maximum absolute atomic E-state index is 11.5. The van der Waals surface area contributed by atoms with E-state index in [4.69, 9.17) is 5.11 Å². The lowest BCUT2D eigenvalue weighted by molar-refractivity contribution is 0.0699. The number of carboxylic acid groups (broad SMARTS) is 1. The van der Waals surface area contributed by atoms with Gasteiger partial charge in [-0.25, -0.2) is 9.78 Å². The maximum atomic E-state index is 11.5. The Morgan fingerprint density at radius 1 is 1.53 bits per heavy atom. The summed E-state index contributed by atoms with van der Waals surface area (Å²) in [7, 11) is -0.925. The topological polar surface area (TPSA) is 72.2 Å². The molecule has 5 nitrogen and oxygen atoms in total. The van der Waals surface area contributed by atoms with E-state index in [1.165, 1.54) is 0 Å². The zero-order valence-corrected chi connectivity index (χ0v) is 11.9. The number of rotatable bonds is 4. The number of para-hydroxylation sites is 1. The molecule has 1 aromatic carbocycles. The molecule has 0 saturated carbocycles. The second kappa shape index (κ2) is 5.13. The van der Waals surface area contributed by atoms with Gasteiger partial charge in [0.2, 0.25) is 0 Å². The summed E-state index contributed by atoms with van der Waals surface area (Å²) in [4.78, 5) is 15.5. The molecule has 0 aliphatic rings. The normalized spacial score (nSPS) is 14.5. The molecule has 2 unspecified atom stereocenters. The molecule has 2 aromatic rings. The average Bonchev–Trinajstić information content (AvgIpc) is 2.65. The van der Waals surface area contributed by atoms with Crippen LogP contribution in [-0.4, -0.2) is 36.3 Å². The molecule has 0 bridgehead atoms. The summed E-state index contributed by atoms with van der Waals surface area (Å²) >= 11 is 0. The van der Waals surface area contributed by atoms with E-state index in [2.05, 4.69) is 4.98 Å². The van der Waals surface area contributed by atoms with E-state index in [0.717, 1.165) is 11.3 Å². The van der Waals surface area contributed by atoms with Crippen LogP contribution in [0.3, 0.4) is 0 Å². The van der Waals surface area contributed by atoms with Gasteiger partial charge in [-0.15, -0.1) is 0 Å². The predicted molar refractivity (Wildman–Crippen MR) is 75.0 cm³/mol. The first-order valence-electron chi connectivity index (χ1n) is 5.93. The molecule has 19 heavy (non-hydrogen) atoms. The van der Waals surface area contributed by atoms with Crippen molar-refractivity contribution in [3.05, 3.63) is 29.6 Å². The second-order valence-corrected chi connectivity index (χ2v) is 6.36. The molecule has 6 heteroatoms. The third-order valence-corrected chi connectivity index (χ3v) is 4.49. The Balaban J connectivity index is 2.57. The monoisotopic (exact) mass is 280 g/mol. The number of benzene rings is 1.